The Balaban J connectivity index is 3.98. The Hall–Kier alpha value is -0.120. The van der Waals surface area contributed by atoms with Crippen LogP contribution >= 0.6 is 0 Å². The molecule has 0 heterocycles. The molecule has 0 fully saturated rings. The van der Waals surface area contributed by atoms with Crippen LogP contribution in [0.15, 0.2) is 0 Å². The van der Waals surface area contributed by atoms with Crippen LogP contribution in [0.25, 0.3) is 0 Å². The van der Waals surface area contributed by atoms with Crippen LogP contribution in [-0.2, 0) is 0 Å². The topological polar surface area (TPSA) is 49.5 Å². The Morgan fingerprint density at radius 2 is 1.92 bits per heavy atom. The Labute approximate surface area is 81.9 Å². The van der Waals surface area contributed by atoms with Crippen molar-refractivity contribution < 1.29 is 5.11 Å². The fraction of sp³-hybridized carbons (Fsp3) is 1.00. The van der Waals surface area contributed by atoms with Gasteiger partial charge in [-0.2, -0.15) is 0 Å². The first-order chi connectivity index (χ1) is 6.17. The highest BCUT2D eigenvalue weighted by Gasteiger charge is 2.19. The summed E-state index contributed by atoms with van der Waals surface area (Å²) in [5, 5.41) is 9.20. The van der Waals surface area contributed by atoms with E-state index in [-0.39, 0.29) is 18.7 Å². The Morgan fingerprint density at radius 1 is 1.31 bits per heavy atom. The molecule has 0 saturated carbocycles. The van der Waals surface area contributed by atoms with Gasteiger partial charge in [0.15, 0.2) is 0 Å². The van der Waals surface area contributed by atoms with Gasteiger partial charge in [0.05, 0.1) is 6.61 Å². The van der Waals surface area contributed by atoms with E-state index in [1.165, 1.54) is 0 Å². The number of aliphatic hydroxyl groups is 1. The van der Waals surface area contributed by atoms with Crippen LogP contribution in [0.2, 0.25) is 0 Å². The number of nitrogens with zero attached hydrogens (tertiary/aromatic N) is 1. The van der Waals surface area contributed by atoms with Gasteiger partial charge in [-0.05, 0) is 26.4 Å². The standard InChI is InChI=1S/C10H24N2O/c1-4-6-9(11)10(8-13)12(3)7-5-2/h9-10,13H,4-8,11H2,1-3H3. The Kier molecular flexibility index (Phi) is 7.23. The fourth-order valence-electron chi connectivity index (χ4n) is 1.65. The highest BCUT2D eigenvalue weighted by Crippen LogP contribution is 2.06. The van der Waals surface area contributed by atoms with Crippen LogP contribution in [0.3, 0.4) is 0 Å². The van der Waals surface area contributed by atoms with Gasteiger partial charge >= 0.3 is 0 Å². The third-order valence-electron chi connectivity index (χ3n) is 2.45. The van der Waals surface area contributed by atoms with Crippen molar-refractivity contribution in [1.82, 2.24) is 4.90 Å². The zero-order valence-electron chi connectivity index (χ0n) is 9.16. The average Bonchev–Trinajstić information content (AvgIpc) is 2.06. The second kappa shape index (κ2) is 7.30. The molecule has 0 spiro atoms. The molecule has 0 aromatic heterocycles. The van der Waals surface area contributed by atoms with Gasteiger partial charge in [-0.1, -0.05) is 20.3 Å². The van der Waals surface area contributed by atoms with Gasteiger partial charge < -0.3 is 10.8 Å². The van der Waals surface area contributed by atoms with Crippen LogP contribution in [0.1, 0.15) is 33.1 Å². The largest absolute Gasteiger partial charge is 0.395 e. The molecule has 0 aromatic carbocycles. The Bertz CT molecular complexity index is 107. The van der Waals surface area contributed by atoms with Crippen molar-refractivity contribution >= 4 is 0 Å². The first-order valence-electron chi connectivity index (χ1n) is 5.24. The monoisotopic (exact) mass is 188 g/mol. The van der Waals surface area contributed by atoms with E-state index >= 15 is 0 Å². The lowest BCUT2D eigenvalue weighted by molar-refractivity contribution is 0.123. The van der Waals surface area contributed by atoms with Gasteiger partial charge in [0.1, 0.15) is 0 Å². The van der Waals surface area contributed by atoms with Crippen molar-refractivity contribution in [2.24, 2.45) is 5.73 Å². The van der Waals surface area contributed by atoms with Crippen LogP contribution < -0.4 is 5.73 Å². The maximum absolute atomic E-state index is 9.20. The van der Waals surface area contributed by atoms with Crippen LogP contribution in [-0.4, -0.2) is 42.3 Å². The molecule has 0 saturated heterocycles. The first kappa shape index (κ1) is 12.9. The van der Waals surface area contributed by atoms with Crippen LogP contribution in [0, 0.1) is 0 Å². The molecule has 0 aliphatic rings. The summed E-state index contributed by atoms with van der Waals surface area (Å²) in [5.41, 5.74) is 5.97. The Morgan fingerprint density at radius 3 is 2.31 bits per heavy atom. The molecule has 3 N–H and O–H groups in total. The molecular formula is C10H24N2O. The maximum Gasteiger partial charge on any atom is 0.0601 e. The second-order valence-corrected chi connectivity index (χ2v) is 3.68. The zero-order chi connectivity index (χ0) is 10.3. The van der Waals surface area contributed by atoms with Gasteiger partial charge in [-0.3, -0.25) is 4.90 Å². The summed E-state index contributed by atoms with van der Waals surface area (Å²) in [5.74, 6) is 0. The molecule has 2 atom stereocenters. The number of rotatable bonds is 7. The molecule has 3 heteroatoms. The van der Waals surface area contributed by atoms with Gasteiger partial charge in [-0.25, -0.2) is 0 Å². The van der Waals surface area contributed by atoms with Crippen molar-refractivity contribution in [3.05, 3.63) is 0 Å². The number of hydrogen-bond acceptors (Lipinski definition) is 3. The lowest BCUT2D eigenvalue weighted by atomic mass is 10.0. The van der Waals surface area contributed by atoms with Crippen molar-refractivity contribution in [1.29, 1.82) is 0 Å². The van der Waals surface area contributed by atoms with Crippen LogP contribution in [0.5, 0.6) is 0 Å². The van der Waals surface area contributed by atoms with Gasteiger partial charge in [0.25, 0.3) is 0 Å². The molecule has 80 valence electrons. The number of likely N-dealkylation sites (N-methyl/N-ethyl adjacent to an activating group) is 1. The third-order valence-corrected chi connectivity index (χ3v) is 2.45. The molecule has 0 radical (unpaired) electrons. The first-order valence-corrected chi connectivity index (χ1v) is 5.24. The minimum absolute atomic E-state index is 0.103. The highest BCUT2D eigenvalue weighted by atomic mass is 16.3. The lowest BCUT2D eigenvalue weighted by Gasteiger charge is -2.30. The van der Waals surface area contributed by atoms with Gasteiger partial charge in [-0.15, -0.1) is 0 Å². The summed E-state index contributed by atoms with van der Waals surface area (Å²) in [4.78, 5) is 2.15. The summed E-state index contributed by atoms with van der Waals surface area (Å²) < 4.78 is 0. The molecular weight excluding hydrogens is 164 g/mol. The maximum atomic E-state index is 9.20. The van der Waals surface area contributed by atoms with Crippen molar-refractivity contribution in [2.45, 2.75) is 45.2 Å². The minimum atomic E-state index is 0.103. The number of hydrogen-bond donors (Lipinski definition) is 2. The molecule has 13 heavy (non-hydrogen) atoms. The third kappa shape index (κ3) is 4.60. The van der Waals surface area contributed by atoms with E-state index in [4.69, 9.17) is 5.73 Å². The smallest absolute Gasteiger partial charge is 0.0601 e. The van der Waals surface area contributed by atoms with Crippen molar-refractivity contribution in [2.75, 3.05) is 20.2 Å². The molecule has 0 rings (SSSR count). The number of nitrogens with two attached hydrogens (primary N) is 1. The fourth-order valence-corrected chi connectivity index (χ4v) is 1.65. The highest BCUT2D eigenvalue weighted by molar-refractivity contribution is 4.79. The molecule has 3 nitrogen and oxygen atoms in total. The second-order valence-electron chi connectivity index (χ2n) is 3.68. The molecule has 0 bridgehead atoms. The summed E-state index contributed by atoms with van der Waals surface area (Å²) in [6.07, 6.45) is 3.17. The summed E-state index contributed by atoms with van der Waals surface area (Å²) in [6, 6.07) is 0.228. The lowest BCUT2D eigenvalue weighted by Crippen LogP contribution is -2.48. The molecule has 2 unspecified atom stereocenters. The average molecular weight is 188 g/mol. The zero-order valence-corrected chi connectivity index (χ0v) is 9.16. The van der Waals surface area contributed by atoms with Gasteiger partial charge in [0, 0.05) is 12.1 Å². The summed E-state index contributed by atoms with van der Waals surface area (Å²) in [6.45, 7) is 5.42. The number of aliphatic hydroxyl groups excluding tert-OH is 1. The van der Waals surface area contributed by atoms with Crippen molar-refractivity contribution in [3.8, 4) is 0 Å². The van der Waals surface area contributed by atoms with Crippen LogP contribution in [0.4, 0.5) is 0 Å². The van der Waals surface area contributed by atoms with Crippen molar-refractivity contribution in [3.63, 3.8) is 0 Å². The summed E-state index contributed by atoms with van der Waals surface area (Å²) >= 11 is 0. The molecule has 0 aromatic rings. The predicted molar refractivity (Wildman–Crippen MR) is 56.7 cm³/mol. The minimum Gasteiger partial charge on any atom is -0.395 e. The van der Waals surface area contributed by atoms with E-state index in [0.29, 0.717) is 0 Å². The molecule has 0 amide bonds. The SMILES string of the molecule is CCCC(N)C(CO)N(C)CCC. The van der Waals surface area contributed by atoms with E-state index in [1.54, 1.807) is 0 Å². The quantitative estimate of drug-likeness (QED) is 0.622. The van der Waals surface area contributed by atoms with E-state index in [9.17, 15) is 5.11 Å². The van der Waals surface area contributed by atoms with E-state index in [0.717, 1.165) is 25.8 Å². The normalized spacial score (nSPS) is 16.2. The molecule has 0 aliphatic carbocycles. The predicted octanol–water partition coefficient (Wildman–Crippen LogP) is 0.816. The van der Waals surface area contributed by atoms with E-state index < -0.39 is 0 Å². The van der Waals surface area contributed by atoms with E-state index in [2.05, 4.69) is 18.7 Å². The van der Waals surface area contributed by atoms with E-state index in [1.807, 2.05) is 7.05 Å². The molecule has 0 aliphatic heterocycles. The summed E-state index contributed by atoms with van der Waals surface area (Å²) in [7, 11) is 2.03. The van der Waals surface area contributed by atoms with Gasteiger partial charge in [0.2, 0.25) is 0 Å².